The largest absolute Gasteiger partial charge is 0.458 e. The first-order chi connectivity index (χ1) is 14.7. The molecule has 0 fully saturated rings. The van der Waals surface area contributed by atoms with Gasteiger partial charge in [-0.15, -0.1) is 0 Å². The van der Waals surface area contributed by atoms with Gasteiger partial charge in [0.15, 0.2) is 9.84 Å². The summed E-state index contributed by atoms with van der Waals surface area (Å²) in [6.07, 6.45) is 1.63. The summed E-state index contributed by atoms with van der Waals surface area (Å²) < 4.78 is 36.9. The zero-order valence-corrected chi connectivity index (χ0v) is 17.7. The van der Waals surface area contributed by atoms with E-state index in [1.807, 2.05) is 30.3 Å². The molecule has 3 rings (SSSR count). The van der Waals surface area contributed by atoms with Gasteiger partial charge in [0, 0.05) is 11.8 Å². The molecule has 0 aromatic heterocycles. The zero-order chi connectivity index (χ0) is 22.5. The minimum absolute atomic E-state index is 0.00971. The fourth-order valence-electron chi connectivity index (χ4n) is 3.65. The quantitative estimate of drug-likeness (QED) is 0.252. The van der Waals surface area contributed by atoms with Gasteiger partial charge in [0.2, 0.25) is 0 Å². The molecule has 9 heteroatoms. The lowest BCUT2D eigenvalue weighted by Gasteiger charge is -2.29. The van der Waals surface area contributed by atoms with Crippen molar-refractivity contribution in [3.63, 3.8) is 0 Å². The van der Waals surface area contributed by atoms with Crippen LogP contribution in [0.15, 0.2) is 77.7 Å². The first-order valence-corrected chi connectivity index (χ1v) is 11.3. The van der Waals surface area contributed by atoms with Gasteiger partial charge in [0.25, 0.3) is 5.54 Å². The lowest BCUT2D eigenvalue weighted by atomic mass is 9.88. The first-order valence-electron chi connectivity index (χ1n) is 9.65. The predicted octanol–water partition coefficient (Wildman–Crippen LogP) is 2.81. The van der Waals surface area contributed by atoms with E-state index in [0.29, 0.717) is 0 Å². The third-order valence-electron chi connectivity index (χ3n) is 5.19. The molecule has 0 bridgehead atoms. The molecule has 3 atom stereocenters. The zero-order valence-electron chi connectivity index (χ0n) is 16.9. The van der Waals surface area contributed by atoms with Crippen LogP contribution in [0.2, 0.25) is 0 Å². The summed E-state index contributed by atoms with van der Waals surface area (Å²) in [6.45, 7) is 1.22. The Hall–Kier alpha value is -3.04. The molecule has 0 saturated carbocycles. The van der Waals surface area contributed by atoms with Gasteiger partial charge < -0.3 is 9.47 Å². The smallest absolute Gasteiger partial charge is 0.303 e. The maximum absolute atomic E-state index is 13.0. The van der Waals surface area contributed by atoms with Crippen LogP contribution in [0, 0.1) is 16.0 Å². The second-order valence-corrected chi connectivity index (χ2v) is 9.35. The number of nitro groups is 1. The summed E-state index contributed by atoms with van der Waals surface area (Å²) in [5, 5.41) is 12.2. The molecule has 0 heterocycles. The van der Waals surface area contributed by atoms with Crippen molar-refractivity contribution < 1.29 is 27.6 Å². The van der Waals surface area contributed by atoms with E-state index in [1.54, 1.807) is 18.2 Å². The molecule has 3 unspecified atom stereocenters. The van der Waals surface area contributed by atoms with Gasteiger partial charge in [0.1, 0.15) is 11.9 Å². The summed E-state index contributed by atoms with van der Waals surface area (Å²) in [4.78, 5) is 23.1. The number of sulfone groups is 1. The van der Waals surface area contributed by atoms with Crippen LogP contribution in [0.5, 0.6) is 0 Å². The number of hydrogen-bond acceptors (Lipinski definition) is 7. The monoisotopic (exact) mass is 445 g/mol. The van der Waals surface area contributed by atoms with Gasteiger partial charge in [-0.1, -0.05) is 48.5 Å². The number of carbonyl (C=O) groups excluding carboxylic acids is 1. The van der Waals surface area contributed by atoms with E-state index in [0.717, 1.165) is 5.56 Å². The standard InChI is InChI=1S/C22H23NO7S/c1-17(24)30-21-12-13-22(23(25)26,16-31(27,28)19-10-6-3-7-11-19)20(21)15-29-14-18-8-4-2-5-9-18/h2-13,20-21H,14-16H2,1H3. The molecule has 2 aromatic carbocycles. The van der Waals surface area contributed by atoms with E-state index in [-0.39, 0.29) is 18.1 Å². The Kier molecular flexibility index (Phi) is 6.87. The molecule has 2 aromatic rings. The molecule has 8 nitrogen and oxygen atoms in total. The molecular formula is C22H23NO7S. The molecule has 0 N–H and O–H groups in total. The Bertz CT molecular complexity index is 1050. The summed E-state index contributed by atoms with van der Waals surface area (Å²) in [7, 11) is -4.00. The van der Waals surface area contributed by atoms with Crippen molar-refractivity contribution >= 4 is 15.8 Å². The van der Waals surface area contributed by atoms with Crippen molar-refractivity contribution in [2.24, 2.45) is 5.92 Å². The van der Waals surface area contributed by atoms with Crippen LogP contribution in [0.4, 0.5) is 0 Å². The van der Waals surface area contributed by atoms with E-state index in [2.05, 4.69) is 0 Å². The third-order valence-corrected chi connectivity index (χ3v) is 7.02. The highest BCUT2D eigenvalue weighted by Gasteiger charge is 2.58. The maximum atomic E-state index is 13.0. The molecule has 1 aliphatic rings. The average molecular weight is 445 g/mol. The van der Waals surface area contributed by atoms with Crippen LogP contribution < -0.4 is 0 Å². The number of carbonyl (C=O) groups is 1. The number of hydrogen-bond donors (Lipinski definition) is 0. The van der Waals surface area contributed by atoms with Crippen molar-refractivity contribution in [1.29, 1.82) is 0 Å². The molecule has 0 aliphatic heterocycles. The van der Waals surface area contributed by atoms with Gasteiger partial charge in [-0.05, 0) is 29.8 Å². The van der Waals surface area contributed by atoms with Crippen molar-refractivity contribution in [2.45, 2.75) is 30.1 Å². The Labute approximate surface area is 180 Å². The lowest BCUT2D eigenvalue weighted by Crippen LogP contribution is -2.52. The SMILES string of the molecule is CC(=O)OC1C=CC(CS(=O)(=O)c2ccccc2)([N+](=O)[O-])C1COCc1ccccc1. The van der Waals surface area contributed by atoms with Gasteiger partial charge >= 0.3 is 5.97 Å². The van der Waals surface area contributed by atoms with E-state index < -0.39 is 44.0 Å². The van der Waals surface area contributed by atoms with Gasteiger partial charge in [-0.25, -0.2) is 8.42 Å². The number of nitrogens with zero attached hydrogens (tertiary/aromatic N) is 1. The van der Waals surface area contributed by atoms with Crippen LogP contribution in [-0.2, 0) is 30.7 Å². The molecular weight excluding hydrogens is 422 g/mol. The van der Waals surface area contributed by atoms with Crippen molar-refractivity contribution in [1.82, 2.24) is 0 Å². The van der Waals surface area contributed by atoms with E-state index in [9.17, 15) is 23.3 Å². The molecule has 0 radical (unpaired) electrons. The fraction of sp³-hybridized carbons (Fsp3) is 0.318. The van der Waals surface area contributed by atoms with Crippen LogP contribution >= 0.6 is 0 Å². The fourth-order valence-corrected chi connectivity index (χ4v) is 5.42. The van der Waals surface area contributed by atoms with Gasteiger partial charge in [0.05, 0.1) is 24.0 Å². The Morgan fingerprint density at radius 2 is 1.71 bits per heavy atom. The minimum Gasteiger partial charge on any atom is -0.458 e. The van der Waals surface area contributed by atoms with Gasteiger partial charge in [-0.2, -0.15) is 0 Å². The molecule has 0 amide bonds. The highest BCUT2D eigenvalue weighted by Crippen LogP contribution is 2.37. The van der Waals surface area contributed by atoms with Crippen molar-refractivity contribution in [3.8, 4) is 0 Å². The summed E-state index contributed by atoms with van der Waals surface area (Å²) in [5.41, 5.74) is -1.13. The Morgan fingerprint density at radius 3 is 2.29 bits per heavy atom. The van der Waals surface area contributed by atoms with Crippen LogP contribution in [-0.4, -0.2) is 43.3 Å². The molecule has 0 spiro atoms. The van der Waals surface area contributed by atoms with Crippen molar-refractivity contribution in [2.75, 3.05) is 12.4 Å². The number of ether oxygens (including phenoxy) is 2. The highest BCUT2D eigenvalue weighted by atomic mass is 32.2. The van der Waals surface area contributed by atoms with Crippen LogP contribution in [0.1, 0.15) is 12.5 Å². The molecule has 164 valence electrons. The maximum Gasteiger partial charge on any atom is 0.303 e. The topological polar surface area (TPSA) is 113 Å². The molecule has 1 aliphatic carbocycles. The Morgan fingerprint density at radius 1 is 1.10 bits per heavy atom. The van der Waals surface area contributed by atoms with E-state index >= 15 is 0 Å². The minimum atomic E-state index is -4.00. The average Bonchev–Trinajstić information content (AvgIpc) is 3.07. The molecule has 0 saturated heterocycles. The molecule has 31 heavy (non-hydrogen) atoms. The number of benzene rings is 2. The first kappa shape index (κ1) is 22.6. The Balaban J connectivity index is 1.88. The second-order valence-electron chi connectivity index (χ2n) is 7.36. The van der Waals surface area contributed by atoms with Gasteiger partial charge in [-0.3, -0.25) is 14.9 Å². The van der Waals surface area contributed by atoms with Crippen LogP contribution in [0.25, 0.3) is 0 Å². The predicted molar refractivity (Wildman–Crippen MR) is 113 cm³/mol. The highest BCUT2D eigenvalue weighted by molar-refractivity contribution is 7.91. The van der Waals surface area contributed by atoms with Crippen LogP contribution in [0.3, 0.4) is 0 Å². The number of rotatable bonds is 9. The third kappa shape index (κ3) is 5.18. The lowest BCUT2D eigenvalue weighted by molar-refractivity contribution is -0.560. The van der Waals surface area contributed by atoms with E-state index in [4.69, 9.17) is 9.47 Å². The summed E-state index contributed by atoms with van der Waals surface area (Å²) in [6, 6.07) is 16.8. The summed E-state index contributed by atoms with van der Waals surface area (Å²) >= 11 is 0. The second kappa shape index (κ2) is 9.40. The normalized spacial score (nSPS) is 22.9. The van der Waals surface area contributed by atoms with E-state index in [1.165, 1.54) is 31.2 Å². The van der Waals surface area contributed by atoms with Crippen molar-refractivity contribution in [3.05, 3.63) is 88.5 Å². The summed E-state index contributed by atoms with van der Waals surface area (Å²) in [5.74, 6) is -2.40. The number of esters is 1.